The number of carbonyl (C=O) groups excluding carboxylic acids is 1. The Bertz CT molecular complexity index is 1270. The summed E-state index contributed by atoms with van der Waals surface area (Å²) in [6, 6.07) is 25.5. The summed E-state index contributed by atoms with van der Waals surface area (Å²) in [6.07, 6.45) is 1.97. The van der Waals surface area contributed by atoms with Gasteiger partial charge in [-0.05, 0) is 41.8 Å². The van der Waals surface area contributed by atoms with E-state index in [0.29, 0.717) is 23.9 Å². The largest absolute Gasteiger partial charge is 0.489 e. The van der Waals surface area contributed by atoms with Crippen molar-refractivity contribution in [3.8, 4) is 17.0 Å². The third kappa shape index (κ3) is 4.31. The number of hydrogen-bond acceptors (Lipinski definition) is 3. The summed E-state index contributed by atoms with van der Waals surface area (Å²) < 4.78 is 5.97. The van der Waals surface area contributed by atoms with Gasteiger partial charge in [0.25, 0.3) is 5.91 Å². The van der Waals surface area contributed by atoms with Gasteiger partial charge in [-0.15, -0.1) is 0 Å². The quantitative estimate of drug-likeness (QED) is 0.313. The summed E-state index contributed by atoms with van der Waals surface area (Å²) in [5, 5.41) is 8.26. The molecule has 5 nitrogen and oxygen atoms in total. The molecule has 34 heavy (non-hydrogen) atoms. The Hall–Kier alpha value is -3.57. The molecule has 1 aromatic heterocycles. The first-order chi connectivity index (χ1) is 16.7. The van der Waals surface area contributed by atoms with Crippen molar-refractivity contribution >= 4 is 17.5 Å². The highest BCUT2D eigenvalue weighted by Gasteiger charge is 2.41. The number of aromatic amines is 1. The molecule has 1 N–H and O–H groups in total. The first-order valence-corrected chi connectivity index (χ1v) is 12.0. The van der Waals surface area contributed by atoms with Crippen LogP contribution in [0.4, 0.5) is 0 Å². The molecule has 1 aliphatic rings. The fourth-order valence-corrected chi connectivity index (χ4v) is 4.54. The van der Waals surface area contributed by atoms with Gasteiger partial charge in [0.2, 0.25) is 0 Å². The number of halogens is 1. The SMILES string of the molecule is CCCCN1C(=O)c2[nH]nc(-c3ccccc3)c2C1c1ccc(OCc2ccc(Cl)cc2)cc1. The summed E-state index contributed by atoms with van der Waals surface area (Å²) in [5.74, 6) is 0.782. The third-order valence-electron chi connectivity index (χ3n) is 6.18. The third-order valence-corrected chi connectivity index (χ3v) is 6.43. The molecule has 0 spiro atoms. The smallest absolute Gasteiger partial charge is 0.273 e. The number of carbonyl (C=O) groups is 1. The Morgan fingerprint density at radius 2 is 1.74 bits per heavy atom. The van der Waals surface area contributed by atoms with E-state index in [1.807, 2.05) is 83.8 Å². The van der Waals surface area contributed by atoms with Crippen molar-refractivity contribution in [2.75, 3.05) is 6.54 Å². The van der Waals surface area contributed by atoms with Gasteiger partial charge in [0.05, 0.1) is 11.7 Å². The van der Waals surface area contributed by atoms with Crippen LogP contribution in [0.5, 0.6) is 5.75 Å². The molecule has 0 aliphatic carbocycles. The van der Waals surface area contributed by atoms with E-state index >= 15 is 0 Å². The number of fused-ring (bicyclic) bond motifs is 1. The molecule has 0 fully saturated rings. The number of benzene rings is 3. The van der Waals surface area contributed by atoms with E-state index in [9.17, 15) is 4.79 Å². The number of nitrogens with zero attached hydrogens (tertiary/aromatic N) is 2. The second-order valence-corrected chi connectivity index (χ2v) is 8.90. The Kier molecular flexibility index (Phi) is 6.37. The van der Waals surface area contributed by atoms with Crippen molar-refractivity contribution in [1.29, 1.82) is 0 Å². The Morgan fingerprint density at radius 3 is 2.44 bits per heavy atom. The van der Waals surface area contributed by atoms with E-state index in [-0.39, 0.29) is 11.9 Å². The zero-order valence-electron chi connectivity index (χ0n) is 19.0. The minimum absolute atomic E-state index is 0.00574. The van der Waals surface area contributed by atoms with Crippen LogP contribution in [0.15, 0.2) is 78.9 Å². The zero-order valence-corrected chi connectivity index (χ0v) is 19.8. The summed E-state index contributed by atoms with van der Waals surface area (Å²) in [6.45, 7) is 3.30. The summed E-state index contributed by atoms with van der Waals surface area (Å²) in [5.41, 5.74) is 5.45. The van der Waals surface area contributed by atoms with Gasteiger partial charge < -0.3 is 9.64 Å². The van der Waals surface area contributed by atoms with E-state index in [2.05, 4.69) is 17.1 Å². The summed E-state index contributed by atoms with van der Waals surface area (Å²) in [7, 11) is 0. The van der Waals surface area contributed by atoms with Crippen molar-refractivity contribution in [2.24, 2.45) is 0 Å². The lowest BCUT2D eigenvalue weighted by Crippen LogP contribution is -2.30. The summed E-state index contributed by atoms with van der Waals surface area (Å²) in [4.78, 5) is 15.3. The molecule has 0 saturated carbocycles. The van der Waals surface area contributed by atoms with Crippen molar-refractivity contribution < 1.29 is 9.53 Å². The molecule has 1 amide bonds. The van der Waals surface area contributed by atoms with E-state index in [1.165, 1.54) is 0 Å². The van der Waals surface area contributed by atoms with Gasteiger partial charge in [0.15, 0.2) is 0 Å². The van der Waals surface area contributed by atoms with Crippen LogP contribution < -0.4 is 4.74 Å². The summed E-state index contributed by atoms with van der Waals surface area (Å²) >= 11 is 5.96. The van der Waals surface area contributed by atoms with Gasteiger partial charge in [-0.3, -0.25) is 9.89 Å². The first kappa shape index (κ1) is 22.2. The standard InChI is InChI=1S/C28H26ClN3O2/c1-2-3-17-32-27(24-25(20-7-5-4-6-8-20)30-31-26(24)28(32)33)21-11-15-23(16-12-21)34-18-19-9-13-22(29)14-10-19/h4-16,27H,2-3,17-18H2,1H3,(H,30,31). The number of unbranched alkanes of at least 4 members (excludes halogenated alkanes) is 1. The van der Waals surface area contributed by atoms with Crippen molar-refractivity contribution in [2.45, 2.75) is 32.4 Å². The zero-order chi connectivity index (χ0) is 23.5. The molecular formula is C28H26ClN3O2. The molecule has 172 valence electrons. The monoisotopic (exact) mass is 471 g/mol. The van der Waals surface area contributed by atoms with Crippen LogP contribution in [0.1, 0.15) is 53.0 Å². The number of ether oxygens (including phenoxy) is 1. The molecule has 1 aliphatic heterocycles. The Balaban J connectivity index is 1.44. The second-order valence-electron chi connectivity index (χ2n) is 8.47. The van der Waals surface area contributed by atoms with Crippen molar-refractivity contribution in [3.05, 3.63) is 106 Å². The fraction of sp³-hybridized carbons (Fsp3) is 0.214. The molecule has 4 aromatic rings. The van der Waals surface area contributed by atoms with Gasteiger partial charge in [-0.25, -0.2) is 0 Å². The lowest BCUT2D eigenvalue weighted by molar-refractivity contribution is 0.0741. The predicted molar refractivity (Wildman–Crippen MR) is 134 cm³/mol. The number of amides is 1. The predicted octanol–water partition coefficient (Wildman–Crippen LogP) is 6.65. The number of aromatic nitrogens is 2. The van der Waals surface area contributed by atoms with E-state index in [0.717, 1.165) is 46.5 Å². The van der Waals surface area contributed by atoms with Crippen LogP contribution in [0.3, 0.4) is 0 Å². The van der Waals surface area contributed by atoms with Crippen molar-refractivity contribution in [3.63, 3.8) is 0 Å². The van der Waals surface area contributed by atoms with Crippen LogP contribution >= 0.6 is 11.6 Å². The molecule has 1 unspecified atom stereocenters. The first-order valence-electron chi connectivity index (χ1n) is 11.6. The minimum Gasteiger partial charge on any atom is -0.489 e. The van der Waals surface area contributed by atoms with Gasteiger partial charge in [-0.2, -0.15) is 5.10 Å². The van der Waals surface area contributed by atoms with Crippen LogP contribution in [-0.2, 0) is 6.61 Å². The molecule has 2 heterocycles. The topological polar surface area (TPSA) is 58.2 Å². The normalized spacial score (nSPS) is 14.9. The van der Waals surface area contributed by atoms with Crippen LogP contribution in [0.25, 0.3) is 11.3 Å². The molecule has 3 aromatic carbocycles. The van der Waals surface area contributed by atoms with E-state index in [1.54, 1.807) is 0 Å². The lowest BCUT2D eigenvalue weighted by Gasteiger charge is -2.26. The molecule has 0 radical (unpaired) electrons. The van der Waals surface area contributed by atoms with Crippen LogP contribution in [-0.4, -0.2) is 27.5 Å². The Labute approximate surface area is 204 Å². The Morgan fingerprint density at radius 1 is 1.00 bits per heavy atom. The highest BCUT2D eigenvalue weighted by Crippen LogP contribution is 2.43. The van der Waals surface area contributed by atoms with E-state index < -0.39 is 0 Å². The number of H-pyrrole nitrogens is 1. The number of rotatable bonds is 8. The fourth-order valence-electron chi connectivity index (χ4n) is 4.41. The lowest BCUT2D eigenvalue weighted by atomic mass is 9.96. The highest BCUT2D eigenvalue weighted by atomic mass is 35.5. The highest BCUT2D eigenvalue weighted by molar-refractivity contribution is 6.30. The number of hydrogen-bond donors (Lipinski definition) is 1. The number of nitrogens with one attached hydrogen (secondary N) is 1. The maximum atomic E-state index is 13.3. The van der Waals surface area contributed by atoms with Gasteiger partial charge in [0.1, 0.15) is 18.1 Å². The van der Waals surface area contributed by atoms with Crippen molar-refractivity contribution in [1.82, 2.24) is 15.1 Å². The maximum Gasteiger partial charge on any atom is 0.273 e. The van der Waals surface area contributed by atoms with E-state index in [4.69, 9.17) is 16.3 Å². The minimum atomic E-state index is -0.187. The molecule has 0 bridgehead atoms. The molecule has 5 rings (SSSR count). The van der Waals surface area contributed by atoms with Gasteiger partial charge in [-0.1, -0.05) is 79.5 Å². The molecule has 1 atom stereocenters. The van der Waals surface area contributed by atoms with Crippen LogP contribution in [0, 0.1) is 0 Å². The average Bonchev–Trinajstić information content (AvgIpc) is 3.42. The molecule has 6 heteroatoms. The molecule has 0 saturated heterocycles. The van der Waals surface area contributed by atoms with Gasteiger partial charge >= 0.3 is 0 Å². The van der Waals surface area contributed by atoms with Crippen LogP contribution in [0.2, 0.25) is 5.02 Å². The van der Waals surface area contributed by atoms with Gasteiger partial charge in [0, 0.05) is 22.7 Å². The second kappa shape index (κ2) is 9.74. The average molecular weight is 472 g/mol. The maximum absolute atomic E-state index is 13.3. The molecular weight excluding hydrogens is 446 g/mol.